The van der Waals surface area contributed by atoms with Crippen molar-refractivity contribution in [2.24, 2.45) is 4.99 Å². The molecule has 1 heterocycles. The van der Waals surface area contributed by atoms with Gasteiger partial charge in [0, 0.05) is 19.2 Å². The Balaban J connectivity index is 1.63. The highest BCUT2D eigenvalue weighted by molar-refractivity contribution is 8.15. The summed E-state index contributed by atoms with van der Waals surface area (Å²) in [5, 5.41) is 11.6. The van der Waals surface area contributed by atoms with Gasteiger partial charge in [0.05, 0.1) is 11.3 Å². The van der Waals surface area contributed by atoms with E-state index in [1.54, 1.807) is 7.05 Å². The molecule has 2 amide bonds. The number of aryl methyl sites for hydroxylation is 1. The Hall–Kier alpha value is -3.13. The Morgan fingerprint density at radius 2 is 1.79 bits per heavy atom. The van der Waals surface area contributed by atoms with Crippen molar-refractivity contribution < 1.29 is 19.5 Å². The zero-order valence-electron chi connectivity index (χ0n) is 16.1. The van der Waals surface area contributed by atoms with E-state index in [2.05, 4.69) is 17.2 Å². The van der Waals surface area contributed by atoms with E-state index >= 15 is 0 Å². The van der Waals surface area contributed by atoms with E-state index in [1.807, 2.05) is 24.3 Å². The number of carbonyl (C=O) groups excluding carboxylic acids is 2. The normalized spacial score (nSPS) is 17.6. The van der Waals surface area contributed by atoms with Crippen molar-refractivity contribution in [3.8, 4) is 0 Å². The number of hydrogen-bond acceptors (Lipinski definition) is 5. The summed E-state index contributed by atoms with van der Waals surface area (Å²) in [7, 11) is 1.65. The fourth-order valence-corrected chi connectivity index (χ4v) is 3.94. The van der Waals surface area contributed by atoms with E-state index in [9.17, 15) is 14.4 Å². The van der Waals surface area contributed by atoms with Crippen molar-refractivity contribution >= 4 is 46.1 Å². The predicted octanol–water partition coefficient (Wildman–Crippen LogP) is 3.54. The molecule has 7 nitrogen and oxygen atoms in total. The highest BCUT2D eigenvalue weighted by atomic mass is 32.2. The number of amidine groups is 1. The van der Waals surface area contributed by atoms with Crippen LogP contribution in [-0.2, 0) is 16.0 Å². The highest BCUT2D eigenvalue weighted by Gasteiger charge is 2.37. The lowest BCUT2D eigenvalue weighted by Crippen LogP contribution is -2.30. The molecule has 1 saturated heterocycles. The van der Waals surface area contributed by atoms with Crippen molar-refractivity contribution in [3.05, 3.63) is 59.7 Å². The Morgan fingerprint density at radius 1 is 1.14 bits per heavy atom. The topological polar surface area (TPSA) is 99.1 Å². The first-order chi connectivity index (χ1) is 13.9. The molecule has 0 bridgehead atoms. The first-order valence-electron chi connectivity index (χ1n) is 9.12. The minimum atomic E-state index is -1.03. The number of aliphatic imine (C=N–C) groups is 1. The maximum atomic E-state index is 12.5. The number of thioether (sulfide) groups is 1. The van der Waals surface area contributed by atoms with Crippen LogP contribution in [0, 0.1) is 0 Å². The van der Waals surface area contributed by atoms with E-state index in [4.69, 9.17) is 5.11 Å². The molecule has 8 heteroatoms. The minimum Gasteiger partial charge on any atom is -0.478 e. The van der Waals surface area contributed by atoms with Crippen LogP contribution in [0.15, 0.2) is 53.5 Å². The second-order valence-corrected chi connectivity index (χ2v) is 7.72. The third-order valence-corrected chi connectivity index (χ3v) is 5.73. The van der Waals surface area contributed by atoms with E-state index in [-0.39, 0.29) is 23.8 Å². The SMILES string of the molecule is CCc1ccc(N=C2SC(CC(=O)Nc3ccc(C(=O)O)cc3)C(=O)N2C)cc1. The summed E-state index contributed by atoms with van der Waals surface area (Å²) in [4.78, 5) is 41.7. The van der Waals surface area contributed by atoms with Crippen LogP contribution in [-0.4, -0.2) is 45.3 Å². The van der Waals surface area contributed by atoms with Crippen molar-refractivity contribution in [2.75, 3.05) is 12.4 Å². The molecule has 0 radical (unpaired) electrons. The average Bonchev–Trinajstić information content (AvgIpc) is 2.96. The molecule has 1 aliphatic rings. The van der Waals surface area contributed by atoms with Crippen molar-refractivity contribution in [3.63, 3.8) is 0 Å². The van der Waals surface area contributed by atoms with Gasteiger partial charge < -0.3 is 10.4 Å². The number of anilines is 1. The molecule has 1 aliphatic heterocycles. The van der Waals surface area contributed by atoms with Crippen molar-refractivity contribution in [1.82, 2.24) is 4.90 Å². The molecule has 0 saturated carbocycles. The zero-order valence-corrected chi connectivity index (χ0v) is 16.9. The fourth-order valence-electron chi connectivity index (χ4n) is 2.79. The van der Waals surface area contributed by atoms with Gasteiger partial charge in [-0.1, -0.05) is 30.8 Å². The standard InChI is InChI=1S/C21H21N3O4S/c1-3-13-4-8-16(9-5-13)23-21-24(2)19(26)17(29-21)12-18(25)22-15-10-6-14(7-11-15)20(27)28/h4-11,17H,3,12H2,1-2H3,(H,22,25)(H,27,28). The number of nitrogens with zero attached hydrogens (tertiary/aromatic N) is 2. The van der Waals surface area contributed by atoms with Gasteiger partial charge in [-0.15, -0.1) is 0 Å². The molecule has 1 atom stereocenters. The van der Waals surface area contributed by atoms with E-state index in [0.29, 0.717) is 10.9 Å². The van der Waals surface area contributed by atoms with Gasteiger partial charge in [-0.05, 0) is 48.4 Å². The van der Waals surface area contributed by atoms with Crippen LogP contribution in [0.4, 0.5) is 11.4 Å². The molecule has 2 N–H and O–H groups in total. The summed E-state index contributed by atoms with van der Waals surface area (Å²) in [5.74, 6) is -1.52. The number of aromatic carboxylic acids is 1. The maximum Gasteiger partial charge on any atom is 0.335 e. The smallest absolute Gasteiger partial charge is 0.335 e. The Labute approximate surface area is 172 Å². The van der Waals surface area contributed by atoms with Gasteiger partial charge in [0.1, 0.15) is 5.25 Å². The summed E-state index contributed by atoms with van der Waals surface area (Å²) in [5.41, 5.74) is 2.59. The number of nitrogens with one attached hydrogen (secondary N) is 1. The summed E-state index contributed by atoms with van der Waals surface area (Å²) in [6.45, 7) is 2.08. The van der Waals surface area contributed by atoms with Crippen LogP contribution in [0.25, 0.3) is 0 Å². The number of rotatable bonds is 6. The Morgan fingerprint density at radius 3 is 2.38 bits per heavy atom. The largest absolute Gasteiger partial charge is 0.478 e. The molecule has 2 aromatic carbocycles. The Kier molecular flexibility index (Phi) is 6.33. The monoisotopic (exact) mass is 411 g/mol. The van der Waals surface area contributed by atoms with Gasteiger partial charge >= 0.3 is 5.97 Å². The van der Waals surface area contributed by atoms with E-state index in [1.165, 1.54) is 46.5 Å². The van der Waals surface area contributed by atoms with Gasteiger partial charge in [0.2, 0.25) is 11.8 Å². The third-order valence-electron chi connectivity index (χ3n) is 4.50. The van der Waals surface area contributed by atoms with Crippen LogP contribution >= 0.6 is 11.8 Å². The molecule has 2 aromatic rings. The van der Waals surface area contributed by atoms with Gasteiger partial charge in [-0.3, -0.25) is 14.5 Å². The zero-order chi connectivity index (χ0) is 21.0. The summed E-state index contributed by atoms with van der Waals surface area (Å²) < 4.78 is 0. The lowest BCUT2D eigenvalue weighted by Gasteiger charge is -2.09. The van der Waals surface area contributed by atoms with Gasteiger partial charge in [0.25, 0.3) is 0 Å². The number of carboxylic acid groups (broad SMARTS) is 1. The first kappa shape index (κ1) is 20.6. The molecule has 0 spiro atoms. The highest BCUT2D eigenvalue weighted by Crippen LogP contribution is 2.31. The fraction of sp³-hybridized carbons (Fsp3) is 0.238. The maximum absolute atomic E-state index is 12.5. The number of carboxylic acids is 1. The molecule has 29 heavy (non-hydrogen) atoms. The molecule has 0 aliphatic carbocycles. The number of amides is 2. The molecule has 3 rings (SSSR count). The van der Waals surface area contributed by atoms with Crippen LogP contribution in [0.5, 0.6) is 0 Å². The summed E-state index contributed by atoms with van der Waals surface area (Å²) in [6, 6.07) is 13.7. The van der Waals surface area contributed by atoms with Crippen molar-refractivity contribution in [1.29, 1.82) is 0 Å². The lowest BCUT2D eigenvalue weighted by molar-refractivity contribution is -0.127. The molecule has 1 unspecified atom stereocenters. The minimum absolute atomic E-state index is 0.00230. The first-order valence-corrected chi connectivity index (χ1v) is 10.0. The van der Waals surface area contributed by atoms with Crippen LogP contribution in [0.1, 0.15) is 29.3 Å². The predicted molar refractivity (Wildman–Crippen MR) is 114 cm³/mol. The molecule has 0 aromatic heterocycles. The van der Waals surface area contributed by atoms with Gasteiger partial charge in [-0.25, -0.2) is 9.79 Å². The lowest BCUT2D eigenvalue weighted by atomic mass is 10.2. The van der Waals surface area contributed by atoms with Crippen LogP contribution < -0.4 is 5.32 Å². The van der Waals surface area contributed by atoms with Crippen LogP contribution in [0.2, 0.25) is 0 Å². The molecule has 1 fully saturated rings. The van der Waals surface area contributed by atoms with Crippen LogP contribution in [0.3, 0.4) is 0 Å². The van der Waals surface area contributed by atoms with E-state index < -0.39 is 11.2 Å². The van der Waals surface area contributed by atoms with Crippen molar-refractivity contribution in [2.45, 2.75) is 25.0 Å². The number of benzene rings is 2. The summed E-state index contributed by atoms with van der Waals surface area (Å²) in [6.07, 6.45) is 0.947. The number of carbonyl (C=O) groups is 3. The second kappa shape index (κ2) is 8.91. The second-order valence-electron chi connectivity index (χ2n) is 6.55. The molecule has 150 valence electrons. The Bertz CT molecular complexity index is 955. The van der Waals surface area contributed by atoms with E-state index in [0.717, 1.165) is 12.1 Å². The molecular weight excluding hydrogens is 390 g/mol. The molecular formula is C21H21N3O4S. The average molecular weight is 411 g/mol. The van der Waals surface area contributed by atoms with Gasteiger partial charge in [-0.2, -0.15) is 0 Å². The summed E-state index contributed by atoms with van der Waals surface area (Å²) >= 11 is 1.26. The quantitative estimate of drug-likeness (QED) is 0.758. The van der Waals surface area contributed by atoms with Gasteiger partial charge in [0.15, 0.2) is 5.17 Å². The third kappa shape index (κ3) is 5.03. The number of hydrogen-bond donors (Lipinski definition) is 2.